The lowest BCUT2D eigenvalue weighted by Gasteiger charge is -2.34. The first kappa shape index (κ1) is 14.8. The highest BCUT2D eigenvalue weighted by molar-refractivity contribution is 7.89. The Bertz CT molecular complexity index is 628. The monoisotopic (exact) mass is 304 g/mol. The van der Waals surface area contributed by atoms with E-state index >= 15 is 0 Å². The van der Waals surface area contributed by atoms with E-state index in [2.05, 4.69) is 4.72 Å². The molecule has 110 valence electrons. The third-order valence-corrected chi connectivity index (χ3v) is 4.69. The second-order valence-corrected chi connectivity index (χ2v) is 6.23. The van der Waals surface area contributed by atoms with Crippen LogP contribution in [0.1, 0.15) is 12.8 Å². The van der Waals surface area contributed by atoms with E-state index in [4.69, 9.17) is 4.74 Å². The Balaban J connectivity index is 2.14. The van der Waals surface area contributed by atoms with E-state index in [0.717, 1.165) is 12.1 Å². The molecule has 0 amide bonds. The van der Waals surface area contributed by atoms with Gasteiger partial charge >= 0.3 is 5.69 Å². The molecule has 1 aliphatic carbocycles. The zero-order valence-corrected chi connectivity index (χ0v) is 11.4. The quantitative estimate of drug-likeness (QED) is 0.650. The summed E-state index contributed by atoms with van der Waals surface area (Å²) >= 11 is 0. The fourth-order valence-corrected chi connectivity index (χ4v) is 3.22. The maximum atomic E-state index is 13.4. The fraction of sp³-hybridized carbons (Fsp3) is 0.455. The van der Waals surface area contributed by atoms with Crippen LogP contribution in [0.3, 0.4) is 0 Å². The van der Waals surface area contributed by atoms with Crippen molar-refractivity contribution in [1.29, 1.82) is 0 Å². The van der Waals surface area contributed by atoms with Gasteiger partial charge in [0.05, 0.1) is 15.9 Å². The number of nitrogens with zero attached hydrogens (tertiary/aromatic N) is 1. The van der Waals surface area contributed by atoms with E-state index in [1.807, 2.05) is 0 Å². The molecule has 1 aromatic rings. The zero-order valence-electron chi connectivity index (χ0n) is 10.6. The molecule has 0 saturated heterocycles. The molecule has 0 aliphatic heterocycles. The third kappa shape index (κ3) is 2.94. The number of methoxy groups -OCH3 is 1. The number of nitro benzene ring substituents is 1. The molecule has 7 nitrogen and oxygen atoms in total. The Hall–Kier alpha value is -1.58. The fourth-order valence-electron chi connectivity index (χ4n) is 1.94. The zero-order chi connectivity index (χ0) is 14.9. The predicted molar refractivity (Wildman–Crippen MR) is 67.2 cm³/mol. The summed E-state index contributed by atoms with van der Waals surface area (Å²) in [6.45, 7) is 0. The number of hydrogen-bond acceptors (Lipinski definition) is 5. The predicted octanol–water partition coefficient (Wildman–Crippen LogP) is 1.19. The van der Waals surface area contributed by atoms with Crippen molar-refractivity contribution in [3.8, 4) is 0 Å². The Kier molecular flexibility index (Phi) is 4.02. The standard InChI is InChI=1S/C11H13FN2O5S/c1-19-8-4-7(5-8)13-20(17,18)9-2-3-11(14(15)16)10(12)6-9/h2-3,6-8,13H,4-5H2,1H3. The largest absolute Gasteiger partial charge is 0.381 e. The highest BCUT2D eigenvalue weighted by Gasteiger charge is 2.33. The molecule has 1 aliphatic rings. The average molecular weight is 304 g/mol. The highest BCUT2D eigenvalue weighted by atomic mass is 32.2. The summed E-state index contributed by atoms with van der Waals surface area (Å²) in [5.74, 6) is -1.18. The van der Waals surface area contributed by atoms with Gasteiger partial charge in [0.25, 0.3) is 0 Å². The van der Waals surface area contributed by atoms with Gasteiger partial charge in [-0.3, -0.25) is 10.1 Å². The van der Waals surface area contributed by atoms with Gasteiger partial charge in [-0.25, -0.2) is 13.1 Å². The number of ether oxygens (including phenoxy) is 1. The summed E-state index contributed by atoms with van der Waals surface area (Å²) < 4.78 is 44.8. The van der Waals surface area contributed by atoms with Crippen LogP contribution >= 0.6 is 0 Å². The van der Waals surface area contributed by atoms with Crippen LogP contribution in [0.2, 0.25) is 0 Å². The first-order valence-corrected chi connectivity index (χ1v) is 7.31. The van der Waals surface area contributed by atoms with E-state index in [-0.39, 0.29) is 17.0 Å². The van der Waals surface area contributed by atoms with Crippen molar-refractivity contribution < 1.29 is 22.5 Å². The molecule has 20 heavy (non-hydrogen) atoms. The smallest absolute Gasteiger partial charge is 0.304 e. The topological polar surface area (TPSA) is 98.5 Å². The van der Waals surface area contributed by atoms with Gasteiger partial charge in [0, 0.05) is 25.3 Å². The molecular formula is C11H13FN2O5S. The maximum Gasteiger partial charge on any atom is 0.304 e. The number of rotatable bonds is 5. The number of halogens is 1. The molecule has 0 aromatic heterocycles. The molecule has 1 fully saturated rings. The van der Waals surface area contributed by atoms with Crippen LogP contribution in [0.25, 0.3) is 0 Å². The Morgan fingerprint density at radius 2 is 2.10 bits per heavy atom. The second-order valence-electron chi connectivity index (χ2n) is 4.52. The van der Waals surface area contributed by atoms with Crippen molar-refractivity contribution in [2.45, 2.75) is 29.9 Å². The van der Waals surface area contributed by atoms with Gasteiger partial charge in [-0.05, 0) is 18.9 Å². The normalized spacial score (nSPS) is 22.3. The first-order valence-electron chi connectivity index (χ1n) is 5.82. The number of nitro groups is 1. The lowest BCUT2D eigenvalue weighted by atomic mass is 9.90. The summed E-state index contributed by atoms with van der Waals surface area (Å²) in [6, 6.07) is 2.23. The van der Waals surface area contributed by atoms with Gasteiger partial charge in [0.2, 0.25) is 15.8 Å². The van der Waals surface area contributed by atoms with Crippen LogP contribution in [0.4, 0.5) is 10.1 Å². The summed E-state index contributed by atoms with van der Waals surface area (Å²) in [4.78, 5) is 9.23. The SMILES string of the molecule is COC1CC(NS(=O)(=O)c2ccc([N+](=O)[O-])c(F)c2)C1. The van der Waals surface area contributed by atoms with Crippen LogP contribution in [0.5, 0.6) is 0 Å². The molecule has 1 N–H and O–H groups in total. The van der Waals surface area contributed by atoms with Gasteiger partial charge < -0.3 is 4.74 Å². The second kappa shape index (κ2) is 5.43. The minimum Gasteiger partial charge on any atom is -0.381 e. The third-order valence-electron chi connectivity index (χ3n) is 3.18. The number of sulfonamides is 1. The number of benzene rings is 1. The summed E-state index contributed by atoms with van der Waals surface area (Å²) in [5.41, 5.74) is -0.757. The van der Waals surface area contributed by atoms with Crippen LogP contribution < -0.4 is 4.72 Å². The van der Waals surface area contributed by atoms with Crippen LogP contribution in [0.15, 0.2) is 23.1 Å². The molecule has 0 unspecified atom stereocenters. The van der Waals surface area contributed by atoms with Crippen molar-refractivity contribution in [2.24, 2.45) is 0 Å². The molecule has 0 heterocycles. The molecule has 0 spiro atoms. The van der Waals surface area contributed by atoms with Crippen molar-refractivity contribution in [3.63, 3.8) is 0 Å². The van der Waals surface area contributed by atoms with Crippen molar-refractivity contribution in [2.75, 3.05) is 7.11 Å². The van der Waals surface area contributed by atoms with E-state index in [0.29, 0.717) is 18.9 Å². The molecule has 2 rings (SSSR count). The molecular weight excluding hydrogens is 291 g/mol. The number of nitrogens with one attached hydrogen (secondary N) is 1. The minimum atomic E-state index is -3.89. The van der Waals surface area contributed by atoms with Gasteiger partial charge in [-0.2, -0.15) is 4.39 Å². The van der Waals surface area contributed by atoms with E-state index in [1.54, 1.807) is 7.11 Å². The van der Waals surface area contributed by atoms with Crippen LogP contribution in [-0.2, 0) is 14.8 Å². The van der Waals surface area contributed by atoms with Crippen molar-refractivity contribution in [3.05, 3.63) is 34.1 Å². The van der Waals surface area contributed by atoms with Gasteiger partial charge in [-0.15, -0.1) is 0 Å². The Labute approximate surface area is 114 Å². The van der Waals surface area contributed by atoms with E-state index in [1.165, 1.54) is 0 Å². The number of hydrogen-bond donors (Lipinski definition) is 1. The van der Waals surface area contributed by atoms with Gasteiger partial charge in [0.15, 0.2) is 0 Å². The van der Waals surface area contributed by atoms with Gasteiger partial charge in [0.1, 0.15) is 0 Å². The maximum absolute atomic E-state index is 13.4. The average Bonchev–Trinajstić information content (AvgIpc) is 2.32. The highest BCUT2D eigenvalue weighted by Crippen LogP contribution is 2.26. The molecule has 1 aromatic carbocycles. The van der Waals surface area contributed by atoms with Crippen molar-refractivity contribution in [1.82, 2.24) is 4.72 Å². The van der Waals surface area contributed by atoms with E-state index in [9.17, 15) is 22.9 Å². The Morgan fingerprint density at radius 3 is 2.60 bits per heavy atom. The molecule has 0 bridgehead atoms. The first-order chi connectivity index (χ1) is 9.33. The molecule has 9 heteroatoms. The Morgan fingerprint density at radius 1 is 1.45 bits per heavy atom. The molecule has 0 radical (unpaired) electrons. The van der Waals surface area contributed by atoms with Gasteiger partial charge in [-0.1, -0.05) is 0 Å². The van der Waals surface area contributed by atoms with Crippen LogP contribution in [0, 0.1) is 15.9 Å². The van der Waals surface area contributed by atoms with E-state index < -0.39 is 26.5 Å². The minimum absolute atomic E-state index is 0.0243. The summed E-state index contributed by atoms with van der Waals surface area (Å²) in [6.07, 6.45) is 1.12. The molecule has 1 saturated carbocycles. The summed E-state index contributed by atoms with van der Waals surface area (Å²) in [5, 5.41) is 10.5. The summed E-state index contributed by atoms with van der Waals surface area (Å²) in [7, 11) is -2.34. The lowest BCUT2D eigenvalue weighted by molar-refractivity contribution is -0.387. The van der Waals surface area contributed by atoms with Crippen LogP contribution in [-0.4, -0.2) is 32.6 Å². The molecule has 0 atom stereocenters. The lowest BCUT2D eigenvalue weighted by Crippen LogP contribution is -2.47. The van der Waals surface area contributed by atoms with Crippen molar-refractivity contribution >= 4 is 15.7 Å².